The highest BCUT2D eigenvalue weighted by molar-refractivity contribution is 6.00. The molecular weight excluding hydrogens is 460 g/mol. The number of ether oxygens (including phenoxy) is 3. The van der Waals surface area contributed by atoms with E-state index in [1.54, 1.807) is 25.2 Å². The van der Waals surface area contributed by atoms with E-state index in [0.717, 1.165) is 5.56 Å². The predicted octanol–water partition coefficient (Wildman–Crippen LogP) is 3.12. The van der Waals surface area contributed by atoms with Crippen molar-refractivity contribution in [1.82, 2.24) is 9.80 Å². The Hall–Kier alpha value is -3.55. The maximum atomic E-state index is 13.3. The fourth-order valence-corrected chi connectivity index (χ4v) is 5.57. The standard InChI is InChI=1S/C28H32N2O6/c1-34-24-8-7-19(15-25(24)35-2)9-12-30-18-20(16-26(30)32)27(33)29-13-10-28(11-14-29)17-22(31)21-5-3-4-6-23(21)36-28/h3-8,15,20H,9-14,16-18H2,1-2H3. The summed E-state index contributed by atoms with van der Waals surface area (Å²) in [5.41, 5.74) is 1.14. The van der Waals surface area contributed by atoms with Crippen LogP contribution >= 0.6 is 0 Å². The van der Waals surface area contributed by atoms with Crippen molar-refractivity contribution < 1.29 is 28.6 Å². The van der Waals surface area contributed by atoms with Crippen LogP contribution in [-0.4, -0.2) is 73.4 Å². The lowest BCUT2D eigenvalue weighted by atomic mass is 9.82. The molecule has 0 bridgehead atoms. The smallest absolute Gasteiger partial charge is 0.227 e. The van der Waals surface area contributed by atoms with Gasteiger partial charge in [-0.05, 0) is 36.2 Å². The van der Waals surface area contributed by atoms with Crippen molar-refractivity contribution in [1.29, 1.82) is 0 Å². The summed E-state index contributed by atoms with van der Waals surface area (Å²) in [4.78, 5) is 42.2. The summed E-state index contributed by atoms with van der Waals surface area (Å²) in [7, 11) is 3.20. The molecule has 3 heterocycles. The lowest BCUT2D eigenvalue weighted by Crippen LogP contribution is -2.53. The van der Waals surface area contributed by atoms with Gasteiger partial charge in [0.05, 0.1) is 32.1 Å². The van der Waals surface area contributed by atoms with Crippen LogP contribution < -0.4 is 14.2 Å². The third-order valence-electron chi connectivity index (χ3n) is 7.67. The van der Waals surface area contributed by atoms with E-state index in [2.05, 4.69) is 0 Å². The van der Waals surface area contributed by atoms with Gasteiger partial charge in [0.1, 0.15) is 11.4 Å². The minimum Gasteiger partial charge on any atom is -0.493 e. The van der Waals surface area contributed by atoms with Crippen LogP contribution in [0.2, 0.25) is 0 Å². The summed E-state index contributed by atoms with van der Waals surface area (Å²) in [6, 6.07) is 13.1. The largest absolute Gasteiger partial charge is 0.493 e. The van der Waals surface area contributed by atoms with E-state index in [9.17, 15) is 14.4 Å². The number of hydrogen-bond acceptors (Lipinski definition) is 6. The Morgan fingerprint density at radius 3 is 2.56 bits per heavy atom. The molecule has 3 aliphatic heterocycles. The number of hydrogen-bond donors (Lipinski definition) is 0. The number of carbonyl (C=O) groups is 3. The van der Waals surface area contributed by atoms with E-state index < -0.39 is 5.60 Å². The predicted molar refractivity (Wildman–Crippen MR) is 132 cm³/mol. The molecule has 2 saturated heterocycles. The molecule has 1 spiro atoms. The molecule has 2 fully saturated rings. The van der Waals surface area contributed by atoms with Crippen molar-refractivity contribution in [3.63, 3.8) is 0 Å². The first-order valence-electron chi connectivity index (χ1n) is 12.5. The van der Waals surface area contributed by atoms with Gasteiger partial charge in [-0.15, -0.1) is 0 Å². The molecule has 0 aromatic heterocycles. The molecule has 0 saturated carbocycles. The molecule has 3 aliphatic rings. The van der Waals surface area contributed by atoms with Crippen LogP contribution in [0.4, 0.5) is 0 Å². The van der Waals surface area contributed by atoms with Crippen molar-refractivity contribution in [2.75, 3.05) is 40.4 Å². The zero-order valence-corrected chi connectivity index (χ0v) is 20.8. The number of benzene rings is 2. The number of methoxy groups -OCH3 is 2. The number of amides is 2. The highest BCUT2D eigenvalue weighted by atomic mass is 16.5. The number of likely N-dealkylation sites (tertiary alicyclic amines) is 2. The van der Waals surface area contributed by atoms with Gasteiger partial charge in [-0.2, -0.15) is 0 Å². The summed E-state index contributed by atoms with van der Waals surface area (Å²) in [5, 5.41) is 0. The Balaban J connectivity index is 1.15. The average molecular weight is 493 g/mol. The molecule has 1 atom stereocenters. The molecule has 2 amide bonds. The van der Waals surface area contributed by atoms with Gasteiger partial charge in [-0.1, -0.05) is 18.2 Å². The summed E-state index contributed by atoms with van der Waals surface area (Å²) < 4.78 is 16.9. The highest BCUT2D eigenvalue weighted by Gasteiger charge is 2.45. The Bertz CT molecular complexity index is 1170. The number of carbonyl (C=O) groups excluding carboxylic acids is 3. The van der Waals surface area contributed by atoms with Gasteiger partial charge in [0.15, 0.2) is 17.3 Å². The minimum atomic E-state index is -0.542. The second-order valence-corrected chi connectivity index (χ2v) is 9.89. The van der Waals surface area contributed by atoms with Gasteiger partial charge in [-0.25, -0.2) is 0 Å². The normalized spacial score (nSPS) is 20.8. The summed E-state index contributed by atoms with van der Waals surface area (Å²) in [5.74, 6) is 1.77. The summed E-state index contributed by atoms with van der Waals surface area (Å²) in [6.45, 7) is 2.06. The Kier molecular flexibility index (Phi) is 6.60. The van der Waals surface area contributed by atoms with E-state index in [4.69, 9.17) is 14.2 Å². The van der Waals surface area contributed by atoms with E-state index in [-0.39, 0.29) is 29.9 Å². The zero-order chi connectivity index (χ0) is 25.3. The molecule has 8 nitrogen and oxygen atoms in total. The number of rotatable bonds is 6. The Morgan fingerprint density at radius 2 is 1.81 bits per heavy atom. The Morgan fingerprint density at radius 1 is 1.06 bits per heavy atom. The molecule has 2 aromatic rings. The fourth-order valence-electron chi connectivity index (χ4n) is 5.57. The number of nitrogens with zero attached hydrogens (tertiary/aromatic N) is 2. The minimum absolute atomic E-state index is 0.0140. The fraction of sp³-hybridized carbons (Fsp3) is 0.464. The molecule has 0 N–H and O–H groups in total. The second-order valence-electron chi connectivity index (χ2n) is 9.89. The van der Waals surface area contributed by atoms with Gasteiger partial charge in [0.2, 0.25) is 11.8 Å². The van der Waals surface area contributed by atoms with Gasteiger partial charge < -0.3 is 24.0 Å². The van der Waals surface area contributed by atoms with Crippen LogP contribution in [-0.2, 0) is 16.0 Å². The maximum absolute atomic E-state index is 13.3. The summed E-state index contributed by atoms with van der Waals surface area (Å²) in [6.07, 6.45) is 2.49. The molecule has 5 rings (SSSR count). The van der Waals surface area contributed by atoms with Crippen molar-refractivity contribution in [2.24, 2.45) is 5.92 Å². The van der Waals surface area contributed by atoms with Crippen LogP contribution in [0.5, 0.6) is 17.2 Å². The number of fused-ring (bicyclic) bond motifs is 1. The molecule has 8 heteroatoms. The molecule has 190 valence electrons. The first-order chi connectivity index (χ1) is 17.4. The maximum Gasteiger partial charge on any atom is 0.227 e. The van der Waals surface area contributed by atoms with Gasteiger partial charge >= 0.3 is 0 Å². The average Bonchev–Trinajstić information content (AvgIpc) is 3.27. The van der Waals surface area contributed by atoms with Crippen LogP contribution in [0.3, 0.4) is 0 Å². The van der Waals surface area contributed by atoms with Crippen LogP contribution in [0, 0.1) is 5.92 Å². The van der Waals surface area contributed by atoms with Crippen molar-refractivity contribution in [3.05, 3.63) is 53.6 Å². The SMILES string of the molecule is COc1ccc(CCN2CC(C(=O)N3CCC4(CC3)CC(=O)c3ccccc3O4)CC2=O)cc1OC. The van der Waals surface area contributed by atoms with E-state index in [1.807, 2.05) is 41.3 Å². The first kappa shape index (κ1) is 24.2. The molecule has 0 radical (unpaired) electrons. The number of piperidine rings is 1. The van der Waals surface area contributed by atoms with Crippen LogP contribution in [0.1, 0.15) is 41.6 Å². The molecule has 1 unspecified atom stereocenters. The third-order valence-corrected chi connectivity index (χ3v) is 7.67. The molecular formula is C28H32N2O6. The van der Waals surface area contributed by atoms with E-state index in [0.29, 0.717) is 74.7 Å². The second kappa shape index (κ2) is 9.84. The monoisotopic (exact) mass is 492 g/mol. The third kappa shape index (κ3) is 4.64. The van der Waals surface area contributed by atoms with Gasteiger partial charge in [-0.3, -0.25) is 14.4 Å². The Labute approximate surface area is 211 Å². The highest BCUT2D eigenvalue weighted by Crippen LogP contribution is 2.39. The summed E-state index contributed by atoms with van der Waals surface area (Å²) >= 11 is 0. The van der Waals surface area contributed by atoms with Crippen molar-refractivity contribution >= 4 is 17.6 Å². The lowest BCUT2D eigenvalue weighted by Gasteiger charge is -2.44. The van der Waals surface area contributed by atoms with Gasteiger partial charge in [0.25, 0.3) is 0 Å². The molecule has 0 aliphatic carbocycles. The van der Waals surface area contributed by atoms with Crippen LogP contribution in [0.15, 0.2) is 42.5 Å². The van der Waals surface area contributed by atoms with Crippen molar-refractivity contribution in [2.45, 2.75) is 37.7 Å². The first-order valence-corrected chi connectivity index (χ1v) is 12.5. The lowest BCUT2D eigenvalue weighted by molar-refractivity contribution is -0.139. The van der Waals surface area contributed by atoms with E-state index in [1.165, 1.54) is 0 Å². The number of Topliss-reactive ketones (excluding diaryl/α,β-unsaturated/α-hetero) is 1. The van der Waals surface area contributed by atoms with Crippen molar-refractivity contribution in [3.8, 4) is 17.2 Å². The molecule has 36 heavy (non-hydrogen) atoms. The van der Waals surface area contributed by atoms with Crippen LogP contribution in [0.25, 0.3) is 0 Å². The zero-order valence-electron chi connectivity index (χ0n) is 20.8. The van der Waals surface area contributed by atoms with E-state index >= 15 is 0 Å². The quantitative estimate of drug-likeness (QED) is 0.616. The number of para-hydroxylation sites is 1. The van der Waals surface area contributed by atoms with Gasteiger partial charge in [0, 0.05) is 45.4 Å². The molecule has 2 aromatic carbocycles. The topological polar surface area (TPSA) is 85.4 Å². The number of ketones is 1.